The van der Waals surface area contributed by atoms with Crippen LogP contribution in [0.3, 0.4) is 0 Å². The molecule has 0 unspecified atom stereocenters. The van der Waals surface area contributed by atoms with Crippen LogP contribution in [0.25, 0.3) is 70.8 Å². The van der Waals surface area contributed by atoms with Crippen LogP contribution in [0.15, 0.2) is 127 Å². The average Bonchev–Trinajstić information content (AvgIpc) is 3.63. The van der Waals surface area contributed by atoms with Crippen molar-refractivity contribution in [1.82, 2.24) is 9.05 Å². The normalized spacial score (nSPS) is 12.4. The first-order chi connectivity index (χ1) is 22.3. The summed E-state index contributed by atoms with van der Waals surface area (Å²) in [5.41, 5.74) is 8.64. The van der Waals surface area contributed by atoms with Gasteiger partial charge in [0.15, 0.2) is 0 Å². The predicted molar refractivity (Wildman–Crippen MR) is 185 cm³/mol. The Morgan fingerprint density at radius 1 is 0.489 bits per heavy atom. The van der Waals surface area contributed by atoms with E-state index in [1.54, 1.807) is 0 Å². The number of para-hydroxylation sites is 3. The largest absolute Gasteiger partial charge is 0.374 e. The van der Waals surface area contributed by atoms with E-state index in [9.17, 15) is 10.5 Å². The van der Waals surface area contributed by atoms with Crippen molar-refractivity contribution in [1.29, 1.82) is 10.5 Å². The van der Waals surface area contributed by atoms with Crippen molar-refractivity contribution in [2.24, 2.45) is 0 Å². The third-order valence-corrected chi connectivity index (χ3v) is 9.78. The molecular weight excluding hydrogens is 547 g/mol. The second kappa shape index (κ2) is 8.63. The second-order valence-corrected chi connectivity index (χ2v) is 11.9. The first kappa shape index (κ1) is 24.2. The monoisotopic (exact) mass is 568 g/mol. The lowest BCUT2D eigenvalue weighted by Crippen LogP contribution is -2.53. The van der Waals surface area contributed by atoms with Crippen molar-refractivity contribution in [3.05, 3.63) is 139 Å². The topological polar surface area (TPSA) is 57.4 Å². The Labute approximate surface area is 258 Å². The molecule has 5 heteroatoms. The molecule has 0 atom stereocenters. The van der Waals surface area contributed by atoms with E-state index in [2.05, 4.69) is 124 Å². The fourth-order valence-electron chi connectivity index (χ4n) is 8.10. The molecule has 2 aromatic heterocycles. The lowest BCUT2D eigenvalue weighted by Gasteiger charge is -2.29. The molecule has 0 saturated carbocycles. The first-order valence-corrected chi connectivity index (χ1v) is 15.1. The van der Waals surface area contributed by atoms with Gasteiger partial charge in [-0.25, -0.2) is 0 Å². The summed E-state index contributed by atoms with van der Waals surface area (Å²) in [7, 11) is 0. The molecule has 1 aliphatic rings. The van der Waals surface area contributed by atoms with E-state index < -0.39 is 0 Å². The lowest BCUT2D eigenvalue weighted by atomic mass is 9.48. The number of hydrogen-bond donors (Lipinski definition) is 0. The van der Waals surface area contributed by atoms with Gasteiger partial charge in [-0.2, -0.15) is 10.5 Å². The highest BCUT2D eigenvalue weighted by Gasteiger charge is 2.38. The van der Waals surface area contributed by atoms with Gasteiger partial charge in [0.2, 0.25) is 0 Å². The molecule has 45 heavy (non-hydrogen) atoms. The molecule has 0 saturated heterocycles. The Balaban J connectivity index is 1.51. The highest BCUT2D eigenvalue weighted by atomic mass is 15.0. The summed E-state index contributed by atoms with van der Waals surface area (Å²) in [5, 5.41) is 30.1. The highest BCUT2D eigenvalue weighted by molar-refractivity contribution is 6.88. The van der Waals surface area contributed by atoms with Crippen LogP contribution in [-0.2, 0) is 0 Å². The van der Waals surface area contributed by atoms with E-state index in [-0.39, 0.29) is 6.85 Å². The average molecular weight is 568 g/mol. The summed E-state index contributed by atoms with van der Waals surface area (Å²) in [5.74, 6) is 0. The van der Waals surface area contributed by atoms with Crippen LogP contribution in [0.2, 0.25) is 0 Å². The summed E-state index contributed by atoms with van der Waals surface area (Å²) in [4.78, 5) is 0. The Bertz CT molecular complexity index is 2790. The molecular formula is C40H21BN4. The van der Waals surface area contributed by atoms with Crippen molar-refractivity contribution in [2.75, 3.05) is 0 Å². The van der Waals surface area contributed by atoms with Gasteiger partial charge in [0.1, 0.15) is 12.1 Å². The van der Waals surface area contributed by atoms with Crippen molar-refractivity contribution >= 4 is 82.9 Å². The minimum atomic E-state index is -0.277. The van der Waals surface area contributed by atoms with Crippen LogP contribution in [0, 0.1) is 22.7 Å². The number of aromatic nitrogens is 2. The van der Waals surface area contributed by atoms with E-state index in [1.165, 1.54) is 38.0 Å². The zero-order chi connectivity index (χ0) is 29.8. The van der Waals surface area contributed by atoms with Gasteiger partial charge in [0.25, 0.3) is 0 Å². The Kier molecular flexibility index (Phi) is 4.64. The van der Waals surface area contributed by atoms with Gasteiger partial charge in [-0.05, 0) is 56.7 Å². The molecule has 4 nitrogen and oxygen atoms in total. The van der Waals surface area contributed by atoms with E-state index >= 15 is 0 Å². The fourth-order valence-corrected chi connectivity index (χ4v) is 8.10. The van der Waals surface area contributed by atoms with Gasteiger partial charge in [-0.15, -0.1) is 0 Å². The van der Waals surface area contributed by atoms with Gasteiger partial charge in [0, 0.05) is 27.2 Å². The quantitative estimate of drug-likeness (QED) is 0.189. The lowest BCUT2D eigenvalue weighted by molar-refractivity contribution is 1.18. The molecule has 3 heterocycles. The molecule has 0 aliphatic carbocycles. The number of rotatable bonds is 1. The SMILES string of the molecule is N#Cc1cccc2c3cccc(C#N)c3n(B3c4ccccc4-n4c5ccc6ccccc6c5c5c6ccccc6cc3c54)c12. The summed E-state index contributed by atoms with van der Waals surface area (Å²) in [6.45, 7) is -0.277. The maximum absolute atomic E-state index is 10.4. The summed E-state index contributed by atoms with van der Waals surface area (Å²) < 4.78 is 4.72. The smallest absolute Gasteiger partial charge is 0.332 e. The number of hydrogen-bond acceptors (Lipinski definition) is 2. The van der Waals surface area contributed by atoms with Crippen molar-refractivity contribution < 1.29 is 0 Å². The predicted octanol–water partition coefficient (Wildman–Crippen LogP) is 7.91. The molecule has 0 amide bonds. The zero-order valence-electron chi connectivity index (χ0n) is 24.0. The van der Waals surface area contributed by atoms with E-state index in [0.717, 1.165) is 43.8 Å². The minimum Gasteiger partial charge on any atom is -0.374 e. The minimum absolute atomic E-state index is 0.277. The van der Waals surface area contributed by atoms with Gasteiger partial charge in [-0.3, -0.25) is 0 Å². The molecule has 204 valence electrons. The van der Waals surface area contributed by atoms with Crippen LogP contribution in [0.4, 0.5) is 0 Å². The van der Waals surface area contributed by atoms with Crippen molar-refractivity contribution in [3.63, 3.8) is 0 Å². The molecule has 7 aromatic carbocycles. The van der Waals surface area contributed by atoms with E-state index in [4.69, 9.17) is 0 Å². The number of nitrogens with zero attached hydrogens (tertiary/aromatic N) is 4. The number of fused-ring (bicyclic) bond motifs is 12. The van der Waals surface area contributed by atoms with Crippen molar-refractivity contribution in [3.8, 4) is 17.8 Å². The highest BCUT2D eigenvalue weighted by Crippen LogP contribution is 2.42. The molecule has 1 aliphatic heterocycles. The van der Waals surface area contributed by atoms with Crippen LogP contribution in [0.1, 0.15) is 11.1 Å². The molecule has 10 rings (SSSR count). The van der Waals surface area contributed by atoms with Crippen LogP contribution >= 0.6 is 0 Å². The van der Waals surface area contributed by atoms with Gasteiger partial charge in [-0.1, -0.05) is 103 Å². The first-order valence-electron chi connectivity index (χ1n) is 15.1. The number of benzene rings is 7. The molecule has 0 radical (unpaired) electrons. The van der Waals surface area contributed by atoms with Crippen LogP contribution in [0.5, 0.6) is 0 Å². The summed E-state index contributed by atoms with van der Waals surface area (Å²) in [6, 6.07) is 49.5. The van der Waals surface area contributed by atoms with Gasteiger partial charge in [0.05, 0.1) is 33.2 Å². The standard InChI is InChI=1S/C40H21BN4/c42-22-26-11-7-15-30-31-16-8-12-27(23-43)39(31)45(38(26)30)41-32-17-5-6-18-34(32)44-35-20-19-24-9-1-3-13-28(24)36(35)37-29-14-4-2-10-25(29)21-33(41)40(37)44/h1-21H. The van der Waals surface area contributed by atoms with Crippen LogP contribution < -0.4 is 10.9 Å². The summed E-state index contributed by atoms with van der Waals surface area (Å²) in [6.07, 6.45) is 0. The molecule has 9 aromatic rings. The second-order valence-electron chi connectivity index (χ2n) is 11.9. The third kappa shape index (κ3) is 2.95. The third-order valence-electron chi connectivity index (χ3n) is 9.78. The molecule has 0 bridgehead atoms. The number of nitriles is 2. The summed E-state index contributed by atoms with van der Waals surface area (Å²) >= 11 is 0. The zero-order valence-corrected chi connectivity index (χ0v) is 24.0. The molecule has 0 fully saturated rings. The Hall–Kier alpha value is -6.30. The van der Waals surface area contributed by atoms with E-state index in [1.807, 2.05) is 24.3 Å². The van der Waals surface area contributed by atoms with E-state index in [0.29, 0.717) is 11.1 Å². The van der Waals surface area contributed by atoms with Crippen LogP contribution in [-0.4, -0.2) is 15.9 Å². The fraction of sp³-hybridized carbons (Fsp3) is 0. The van der Waals surface area contributed by atoms with Gasteiger partial charge >= 0.3 is 6.85 Å². The Morgan fingerprint density at radius 2 is 1.09 bits per heavy atom. The molecule has 0 N–H and O–H groups in total. The maximum atomic E-state index is 10.4. The molecule has 0 spiro atoms. The van der Waals surface area contributed by atoms with Crippen molar-refractivity contribution in [2.45, 2.75) is 0 Å². The Morgan fingerprint density at radius 3 is 1.80 bits per heavy atom. The van der Waals surface area contributed by atoms with Gasteiger partial charge < -0.3 is 9.05 Å². The maximum Gasteiger partial charge on any atom is 0.332 e.